The molecule has 1 atom stereocenters. The van der Waals surface area contributed by atoms with Gasteiger partial charge in [-0.1, -0.05) is 12.1 Å². The number of thiophene rings is 1. The third-order valence-corrected chi connectivity index (χ3v) is 10.1. The molecule has 0 spiro atoms. The summed E-state index contributed by atoms with van der Waals surface area (Å²) < 4.78 is 10.8. The van der Waals surface area contributed by atoms with Gasteiger partial charge in [0.25, 0.3) is 0 Å². The number of carbonyl (C=O) groups is 2. The van der Waals surface area contributed by atoms with Crippen LogP contribution in [-0.2, 0) is 9.53 Å². The van der Waals surface area contributed by atoms with Crippen LogP contribution in [0.5, 0.6) is 5.75 Å². The quantitative estimate of drug-likeness (QED) is 0.362. The summed E-state index contributed by atoms with van der Waals surface area (Å²) >= 11 is 1.46. The van der Waals surface area contributed by atoms with E-state index >= 15 is 0 Å². The minimum absolute atomic E-state index is 0.226. The Kier molecular flexibility index (Phi) is 5.67. The fourth-order valence-electron chi connectivity index (χ4n) is 7.84. The van der Waals surface area contributed by atoms with Gasteiger partial charge < -0.3 is 20.5 Å². The Labute approximate surface area is 216 Å². The van der Waals surface area contributed by atoms with Crippen LogP contribution in [0.1, 0.15) is 79.1 Å². The van der Waals surface area contributed by atoms with Crippen molar-refractivity contribution < 1.29 is 19.1 Å². The number of nitrogen functional groups attached to an aromatic ring is 1. The Morgan fingerprint density at radius 2 is 1.69 bits per heavy atom. The molecule has 4 bridgehead atoms. The second-order valence-electron chi connectivity index (χ2n) is 11.2. The zero-order chi connectivity index (χ0) is 25.2. The predicted octanol–water partition coefficient (Wildman–Crippen LogP) is 6.13. The van der Waals surface area contributed by atoms with Crippen molar-refractivity contribution in [2.45, 2.75) is 58.3 Å². The maximum absolute atomic E-state index is 14.2. The van der Waals surface area contributed by atoms with E-state index in [0.717, 1.165) is 46.8 Å². The van der Waals surface area contributed by atoms with Crippen molar-refractivity contribution in [2.24, 2.45) is 23.2 Å². The molecule has 4 aliphatic carbocycles. The maximum atomic E-state index is 14.2. The first kappa shape index (κ1) is 23.6. The number of anilines is 2. The molecule has 1 unspecified atom stereocenters. The number of Topliss-reactive ketones (excluding diaryl/α,β-unsaturated/α-hetero) is 1. The number of hydrogen-bond donors (Lipinski definition) is 2. The summed E-state index contributed by atoms with van der Waals surface area (Å²) in [5, 5.41) is 4.26. The topological polar surface area (TPSA) is 90.7 Å². The summed E-state index contributed by atoms with van der Waals surface area (Å²) in [5.41, 5.74) is 10.1. The average Bonchev–Trinajstić information content (AvgIpc) is 3.17. The van der Waals surface area contributed by atoms with Gasteiger partial charge in [0.15, 0.2) is 5.78 Å². The molecule has 1 aromatic carbocycles. The maximum Gasteiger partial charge on any atom is 0.336 e. The van der Waals surface area contributed by atoms with Crippen molar-refractivity contribution in [3.05, 3.63) is 51.5 Å². The van der Waals surface area contributed by atoms with Crippen LogP contribution in [0.2, 0.25) is 0 Å². The van der Waals surface area contributed by atoms with Gasteiger partial charge in [0, 0.05) is 22.6 Å². The first-order chi connectivity index (χ1) is 17.3. The van der Waals surface area contributed by atoms with E-state index in [1.54, 1.807) is 14.0 Å². The van der Waals surface area contributed by atoms with E-state index in [-0.39, 0.29) is 23.8 Å². The highest BCUT2D eigenvalue weighted by molar-refractivity contribution is 7.19. The first-order valence-electron chi connectivity index (χ1n) is 13.1. The van der Waals surface area contributed by atoms with Gasteiger partial charge in [-0.3, -0.25) is 4.79 Å². The summed E-state index contributed by atoms with van der Waals surface area (Å²) in [6.07, 6.45) is 6.86. The van der Waals surface area contributed by atoms with Gasteiger partial charge in [-0.05, 0) is 87.8 Å². The lowest BCUT2D eigenvalue weighted by atomic mass is 9.48. The molecule has 1 aliphatic heterocycles. The molecule has 7 rings (SSSR count). The lowest BCUT2D eigenvalue weighted by Gasteiger charge is -2.55. The third-order valence-electron chi connectivity index (χ3n) is 8.94. The standard InChI is InChI=1S/C29H34N2O4S/c1-4-35-28(33)21-15(2)31-27-23(22(21)19-5-7-20(34-3)8-6-19)24(30)25(36-27)26(32)29-12-16-9-17(13-29)11-18(10-16)14-29/h5-8,16-18,22,31H,4,9-14,30H2,1-3H3. The molecule has 0 saturated heterocycles. The highest BCUT2D eigenvalue weighted by Gasteiger charge is 2.55. The first-order valence-corrected chi connectivity index (χ1v) is 13.9. The molecule has 36 heavy (non-hydrogen) atoms. The van der Waals surface area contributed by atoms with Crippen LogP contribution in [0.3, 0.4) is 0 Å². The van der Waals surface area contributed by atoms with Crippen molar-refractivity contribution >= 4 is 33.8 Å². The Balaban J connectivity index is 1.44. The molecule has 4 fully saturated rings. The fraction of sp³-hybridized carbons (Fsp3) is 0.517. The molecule has 2 aromatic rings. The number of hydrogen-bond acceptors (Lipinski definition) is 7. The minimum atomic E-state index is -0.416. The number of benzene rings is 1. The zero-order valence-corrected chi connectivity index (χ0v) is 22.0. The average molecular weight is 507 g/mol. The van der Waals surface area contributed by atoms with E-state index in [4.69, 9.17) is 15.2 Å². The van der Waals surface area contributed by atoms with Crippen LogP contribution >= 0.6 is 11.3 Å². The van der Waals surface area contributed by atoms with Gasteiger partial charge in [-0.15, -0.1) is 11.3 Å². The van der Waals surface area contributed by atoms with Gasteiger partial charge in [0.2, 0.25) is 0 Å². The normalized spacial score (nSPS) is 30.1. The molecule has 7 heteroatoms. The van der Waals surface area contributed by atoms with Crippen LogP contribution in [-0.4, -0.2) is 25.5 Å². The second kappa shape index (κ2) is 8.65. The number of ketones is 1. The van der Waals surface area contributed by atoms with Gasteiger partial charge >= 0.3 is 5.97 Å². The largest absolute Gasteiger partial charge is 0.497 e. The number of nitrogens with one attached hydrogen (secondary N) is 1. The summed E-state index contributed by atoms with van der Waals surface area (Å²) in [7, 11) is 1.63. The summed E-state index contributed by atoms with van der Waals surface area (Å²) in [6.45, 7) is 3.98. The smallest absolute Gasteiger partial charge is 0.336 e. The Bertz CT molecular complexity index is 1220. The van der Waals surface area contributed by atoms with Crippen molar-refractivity contribution in [2.75, 3.05) is 24.8 Å². The van der Waals surface area contributed by atoms with Crippen molar-refractivity contribution in [1.29, 1.82) is 0 Å². The van der Waals surface area contributed by atoms with Gasteiger partial charge in [-0.2, -0.15) is 0 Å². The number of fused-ring (bicyclic) bond motifs is 1. The Morgan fingerprint density at radius 1 is 1.08 bits per heavy atom. The highest BCUT2D eigenvalue weighted by atomic mass is 32.1. The molecular formula is C29H34N2O4S. The summed E-state index contributed by atoms with van der Waals surface area (Å²) in [5.74, 6) is 2.22. The van der Waals surface area contributed by atoms with Gasteiger partial charge in [0.05, 0.1) is 34.9 Å². The summed E-state index contributed by atoms with van der Waals surface area (Å²) in [4.78, 5) is 28.1. The molecule has 2 heterocycles. The van der Waals surface area contributed by atoms with Crippen molar-refractivity contribution in [1.82, 2.24) is 0 Å². The van der Waals surface area contributed by atoms with Crippen LogP contribution in [0, 0.1) is 23.2 Å². The second-order valence-corrected chi connectivity index (χ2v) is 12.2. The van der Waals surface area contributed by atoms with E-state index in [0.29, 0.717) is 33.9 Å². The number of nitrogens with two attached hydrogens (primary N) is 1. The zero-order valence-electron chi connectivity index (χ0n) is 21.2. The van der Waals surface area contributed by atoms with Crippen LogP contribution < -0.4 is 15.8 Å². The summed E-state index contributed by atoms with van der Waals surface area (Å²) in [6, 6.07) is 7.70. The van der Waals surface area contributed by atoms with Gasteiger partial charge in [-0.25, -0.2) is 4.79 Å². The molecule has 3 N–H and O–H groups in total. The number of allylic oxidation sites excluding steroid dienone is 1. The van der Waals surface area contributed by atoms with Gasteiger partial charge in [0.1, 0.15) is 5.75 Å². The molecule has 6 nitrogen and oxygen atoms in total. The molecule has 1 aromatic heterocycles. The monoisotopic (exact) mass is 506 g/mol. The van der Waals surface area contributed by atoms with Crippen molar-refractivity contribution in [3.63, 3.8) is 0 Å². The predicted molar refractivity (Wildman–Crippen MR) is 141 cm³/mol. The number of rotatable bonds is 6. The Morgan fingerprint density at radius 3 is 2.25 bits per heavy atom. The Hall–Kier alpha value is -2.80. The van der Waals surface area contributed by atoms with Crippen molar-refractivity contribution in [3.8, 4) is 5.75 Å². The molecule has 0 radical (unpaired) electrons. The lowest BCUT2D eigenvalue weighted by Crippen LogP contribution is -2.50. The molecular weight excluding hydrogens is 472 g/mol. The molecule has 0 amide bonds. The van der Waals surface area contributed by atoms with E-state index < -0.39 is 5.92 Å². The number of methoxy groups -OCH3 is 1. The van der Waals surface area contributed by atoms with Crippen LogP contribution in [0.15, 0.2) is 35.5 Å². The molecule has 190 valence electrons. The minimum Gasteiger partial charge on any atom is -0.497 e. The van der Waals surface area contributed by atoms with Crippen LogP contribution in [0.25, 0.3) is 0 Å². The lowest BCUT2D eigenvalue weighted by molar-refractivity contribution is -0.138. The number of ether oxygens (including phenoxy) is 2. The third kappa shape index (κ3) is 3.58. The fourth-order valence-corrected chi connectivity index (χ4v) is 9.12. The number of carbonyl (C=O) groups excluding carboxylic acids is 2. The molecule has 4 saturated carbocycles. The van der Waals surface area contributed by atoms with E-state index in [1.165, 1.54) is 30.6 Å². The number of esters is 1. The van der Waals surface area contributed by atoms with Crippen LogP contribution in [0.4, 0.5) is 10.7 Å². The SMILES string of the molecule is CCOC(=O)C1=C(C)Nc2sc(C(=O)C34CC5CC(CC(C5)C3)C4)c(N)c2C1c1ccc(OC)cc1. The van der Waals surface area contributed by atoms with E-state index in [1.807, 2.05) is 31.2 Å². The van der Waals surface area contributed by atoms with E-state index in [9.17, 15) is 9.59 Å². The highest BCUT2D eigenvalue weighted by Crippen LogP contribution is 2.62. The molecule has 5 aliphatic rings. The van der Waals surface area contributed by atoms with E-state index in [2.05, 4.69) is 5.32 Å².